The maximum absolute atomic E-state index is 6.28. The van der Waals surface area contributed by atoms with E-state index in [0.29, 0.717) is 5.54 Å². The molecule has 1 aliphatic carbocycles. The highest BCUT2D eigenvalue weighted by Crippen LogP contribution is 2.41. The Kier molecular flexibility index (Phi) is 3.65. The second kappa shape index (κ2) is 5.10. The van der Waals surface area contributed by atoms with Gasteiger partial charge in [-0.3, -0.25) is 9.80 Å². The van der Waals surface area contributed by atoms with Gasteiger partial charge in [-0.15, -0.1) is 0 Å². The Morgan fingerprint density at radius 1 is 1.22 bits per heavy atom. The number of nitrogens with zero attached hydrogens (tertiary/aromatic N) is 2. The van der Waals surface area contributed by atoms with E-state index < -0.39 is 0 Å². The Morgan fingerprint density at radius 2 is 2.06 bits per heavy atom. The minimum atomic E-state index is 0.303. The van der Waals surface area contributed by atoms with E-state index >= 15 is 0 Å². The van der Waals surface area contributed by atoms with Crippen LogP contribution in [0.3, 0.4) is 0 Å². The van der Waals surface area contributed by atoms with Crippen molar-refractivity contribution in [2.24, 2.45) is 11.7 Å². The van der Waals surface area contributed by atoms with Crippen LogP contribution in [0.1, 0.15) is 45.4 Å². The van der Waals surface area contributed by atoms with Crippen molar-refractivity contribution in [3.05, 3.63) is 0 Å². The maximum Gasteiger partial charge on any atom is 0.0498 e. The number of hydrogen-bond donors (Lipinski definition) is 1. The maximum atomic E-state index is 6.28. The summed E-state index contributed by atoms with van der Waals surface area (Å²) in [6.45, 7) is 8.26. The lowest BCUT2D eigenvalue weighted by molar-refractivity contribution is 0.0377. The molecular weight excluding hydrogens is 222 g/mol. The Morgan fingerprint density at radius 3 is 2.72 bits per heavy atom. The molecule has 2 N–H and O–H groups in total. The first-order valence-corrected chi connectivity index (χ1v) is 7.99. The molecule has 0 aromatic rings. The molecular formula is C15H29N3. The van der Waals surface area contributed by atoms with Crippen molar-refractivity contribution in [2.45, 2.75) is 57.0 Å². The van der Waals surface area contributed by atoms with Crippen molar-refractivity contribution in [1.29, 1.82) is 0 Å². The molecule has 18 heavy (non-hydrogen) atoms. The van der Waals surface area contributed by atoms with Gasteiger partial charge in [0.1, 0.15) is 0 Å². The first kappa shape index (κ1) is 12.9. The summed E-state index contributed by atoms with van der Waals surface area (Å²) in [5.74, 6) is 0.978. The third-order valence-corrected chi connectivity index (χ3v) is 5.61. The van der Waals surface area contributed by atoms with E-state index in [1.165, 1.54) is 64.7 Å². The highest BCUT2D eigenvalue weighted by molar-refractivity contribution is 5.09. The van der Waals surface area contributed by atoms with Gasteiger partial charge >= 0.3 is 0 Å². The standard InChI is InChI=1S/C15H29N3/c1-2-18(11-13-6-7-13)15(12-16)8-10-17-9-4-3-5-14(15)17/h13-14H,2-12,16H2,1H3. The van der Waals surface area contributed by atoms with E-state index in [2.05, 4.69) is 16.7 Å². The predicted octanol–water partition coefficient (Wildman–Crippen LogP) is 1.67. The summed E-state index contributed by atoms with van der Waals surface area (Å²) in [5.41, 5.74) is 6.58. The van der Waals surface area contributed by atoms with Gasteiger partial charge in [0.25, 0.3) is 0 Å². The zero-order chi connectivity index (χ0) is 12.6. The molecule has 0 bridgehead atoms. The topological polar surface area (TPSA) is 32.5 Å². The Hall–Kier alpha value is -0.120. The summed E-state index contributed by atoms with van der Waals surface area (Å²) in [4.78, 5) is 5.48. The van der Waals surface area contributed by atoms with Crippen LogP contribution in [0.5, 0.6) is 0 Å². The van der Waals surface area contributed by atoms with Gasteiger partial charge in [-0.1, -0.05) is 13.3 Å². The van der Waals surface area contributed by atoms with Crippen LogP contribution < -0.4 is 5.73 Å². The zero-order valence-electron chi connectivity index (χ0n) is 11.9. The van der Waals surface area contributed by atoms with Crippen molar-refractivity contribution < 1.29 is 0 Å². The van der Waals surface area contributed by atoms with E-state index in [-0.39, 0.29) is 0 Å². The average molecular weight is 251 g/mol. The van der Waals surface area contributed by atoms with Crippen LogP contribution in [0.25, 0.3) is 0 Å². The van der Waals surface area contributed by atoms with Crippen LogP contribution >= 0.6 is 0 Å². The minimum absolute atomic E-state index is 0.303. The molecule has 3 fully saturated rings. The molecule has 3 heteroatoms. The zero-order valence-corrected chi connectivity index (χ0v) is 11.9. The molecule has 1 saturated carbocycles. The highest BCUT2D eigenvalue weighted by Gasteiger charge is 2.50. The van der Waals surface area contributed by atoms with Gasteiger partial charge in [0.05, 0.1) is 0 Å². The van der Waals surface area contributed by atoms with Gasteiger partial charge < -0.3 is 5.73 Å². The molecule has 2 atom stereocenters. The van der Waals surface area contributed by atoms with Gasteiger partial charge in [0.2, 0.25) is 0 Å². The van der Waals surface area contributed by atoms with Crippen LogP contribution in [0.15, 0.2) is 0 Å². The van der Waals surface area contributed by atoms with Gasteiger partial charge in [-0.2, -0.15) is 0 Å². The van der Waals surface area contributed by atoms with Crippen molar-refractivity contribution in [2.75, 3.05) is 32.7 Å². The van der Waals surface area contributed by atoms with Crippen LogP contribution in [0.2, 0.25) is 0 Å². The monoisotopic (exact) mass is 251 g/mol. The van der Waals surface area contributed by atoms with E-state index in [9.17, 15) is 0 Å². The number of nitrogens with two attached hydrogens (primary N) is 1. The van der Waals surface area contributed by atoms with Crippen LogP contribution in [0.4, 0.5) is 0 Å². The summed E-state index contributed by atoms with van der Waals surface area (Å²) in [7, 11) is 0. The third-order valence-electron chi connectivity index (χ3n) is 5.61. The molecule has 3 nitrogen and oxygen atoms in total. The third kappa shape index (κ3) is 2.10. The van der Waals surface area contributed by atoms with Crippen molar-refractivity contribution in [3.8, 4) is 0 Å². The van der Waals surface area contributed by atoms with Crippen molar-refractivity contribution in [3.63, 3.8) is 0 Å². The van der Waals surface area contributed by atoms with Gasteiger partial charge in [0, 0.05) is 31.2 Å². The fraction of sp³-hybridized carbons (Fsp3) is 1.00. The molecule has 0 radical (unpaired) electrons. The quantitative estimate of drug-likeness (QED) is 0.807. The smallest absolute Gasteiger partial charge is 0.0498 e. The number of likely N-dealkylation sites (N-methyl/N-ethyl adjacent to an activating group) is 1. The fourth-order valence-electron chi connectivity index (χ4n) is 4.34. The van der Waals surface area contributed by atoms with Crippen molar-refractivity contribution >= 4 is 0 Å². The van der Waals surface area contributed by atoms with Crippen molar-refractivity contribution in [1.82, 2.24) is 9.80 Å². The average Bonchev–Trinajstić information content (AvgIpc) is 3.16. The van der Waals surface area contributed by atoms with Crippen LogP contribution in [0, 0.1) is 5.92 Å². The number of fused-ring (bicyclic) bond motifs is 1. The predicted molar refractivity (Wildman–Crippen MR) is 75.6 cm³/mol. The summed E-state index contributed by atoms with van der Waals surface area (Å²) >= 11 is 0. The summed E-state index contributed by atoms with van der Waals surface area (Å²) < 4.78 is 0. The number of piperidine rings is 1. The molecule has 2 aliphatic heterocycles. The minimum Gasteiger partial charge on any atom is -0.329 e. The van der Waals surface area contributed by atoms with E-state index in [4.69, 9.17) is 5.73 Å². The van der Waals surface area contributed by atoms with Gasteiger partial charge in [0.15, 0.2) is 0 Å². The summed E-state index contributed by atoms with van der Waals surface area (Å²) in [6, 6.07) is 0.745. The molecule has 0 aromatic heterocycles. The molecule has 2 unspecified atom stereocenters. The molecule has 0 aromatic carbocycles. The second-order valence-electron chi connectivity index (χ2n) is 6.59. The molecule has 2 heterocycles. The normalized spacial score (nSPS) is 37.2. The Labute approximate surface area is 112 Å². The Balaban J connectivity index is 1.78. The first-order chi connectivity index (χ1) is 8.80. The lowest BCUT2D eigenvalue weighted by atomic mass is 9.83. The molecule has 0 spiro atoms. The Bertz CT molecular complexity index is 289. The molecule has 0 amide bonds. The van der Waals surface area contributed by atoms with Gasteiger partial charge in [-0.25, -0.2) is 0 Å². The molecule has 3 rings (SSSR count). The fourth-order valence-corrected chi connectivity index (χ4v) is 4.34. The molecule has 2 saturated heterocycles. The van der Waals surface area contributed by atoms with Crippen LogP contribution in [-0.2, 0) is 0 Å². The summed E-state index contributed by atoms with van der Waals surface area (Å²) in [5, 5.41) is 0. The summed E-state index contributed by atoms with van der Waals surface area (Å²) in [6.07, 6.45) is 8.37. The molecule has 104 valence electrons. The first-order valence-electron chi connectivity index (χ1n) is 7.99. The van der Waals surface area contributed by atoms with E-state index in [1.54, 1.807) is 0 Å². The number of hydrogen-bond acceptors (Lipinski definition) is 3. The van der Waals surface area contributed by atoms with Crippen LogP contribution in [-0.4, -0.2) is 54.1 Å². The van der Waals surface area contributed by atoms with E-state index in [0.717, 1.165) is 18.5 Å². The lowest BCUT2D eigenvalue weighted by Gasteiger charge is -2.47. The van der Waals surface area contributed by atoms with Gasteiger partial charge in [-0.05, 0) is 51.1 Å². The second-order valence-corrected chi connectivity index (χ2v) is 6.59. The largest absolute Gasteiger partial charge is 0.329 e. The lowest BCUT2D eigenvalue weighted by Crippen LogP contribution is -2.62. The highest BCUT2D eigenvalue weighted by atomic mass is 15.3. The number of rotatable bonds is 5. The molecule has 3 aliphatic rings. The van der Waals surface area contributed by atoms with E-state index in [1.807, 2.05) is 0 Å². The SMILES string of the molecule is CCN(CC1CC1)C1(CN)CCN2CCCCC21.